The minimum absolute atomic E-state index is 0.544. The number of benzene rings is 1. The molecule has 2 rings (SSSR count). The lowest BCUT2D eigenvalue weighted by Gasteiger charge is -2.42. The second-order valence-electron chi connectivity index (χ2n) is 6.18. The molecule has 2 nitrogen and oxygen atoms in total. The minimum atomic E-state index is 0.544. The second kappa shape index (κ2) is 7.80. The summed E-state index contributed by atoms with van der Waals surface area (Å²) in [5.41, 5.74) is 1.46. The Morgan fingerprint density at radius 1 is 1.25 bits per heavy atom. The standard InChI is InChI=1S/C18H30N2/c1-4-6-12-20-14-17(15(3)5-2)19-13-18(20)16-10-8-7-9-11-16/h7-11,15,17-19H,4-6,12-14H2,1-3H3. The summed E-state index contributed by atoms with van der Waals surface area (Å²) in [5, 5.41) is 3.78. The number of hydrogen-bond donors (Lipinski definition) is 1. The molecule has 0 bridgehead atoms. The van der Waals surface area contributed by atoms with E-state index in [4.69, 9.17) is 0 Å². The van der Waals surface area contributed by atoms with E-state index in [1.165, 1.54) is 37.9 Å². The summed E-state index contributed by atoms with van der Waals surface area (Å²) >= 11 is 0. The van der Waals surface area contributed by atoms with Gasteiger partial charge in [0.05, 0.1) is 0 Å². The Morgan fingerprint density at radius 3 is 2.65 bits per heavy atom. The highest BCUT2D eigenvalue weighted by atomic mass is 15.2. The molecule has 0 spiro atoms. The molecule has 1 N–H and O–H groups in total. The fourth-order valence-electron chi connectivity index (χ4n) is 3.11. The highest BCUT2D eigenvalue weighted by molar-refractivity contribution is 5.20. The molecule has 3 unspecified atom stereocenters. The predicted molar refractivity (Wildman–Crippen MR) is 86.9 cm³/mol. The molecule has 1 aromatic rings. The third-order valence-electron chi connectivity index (χ3n) is 4.76. The zero-order chi connectivity index (χ0) is 14.4. The van der Waals surface area contributed by atoms with Crippen molar-refractivity contribution in [1.29, 1.82) is 0 Å². The molecule has 0 aliphatic carbocycles. The molecule has 1 saturated heterocycles. The molecule has 2 heteroatoms. The maximum absolute atomic E-state index is 3.78. The molecule has 1 heterocycles. The summed E-state index contributed by atoms with van der Waals surface area (Å²) in [5.74, 6) is 0.760. The fourth-order valence-corrected chi connectivity index (χ4v) is 3.11. The van der Waals surface area contributed by atoms with Crippen LogP contribution >= 0.6 is 0 Å². The van der Waals surface area contributed by atoms with Crippen molar-refractivity contribution in [2.45, 2.75) is 52.1 Å². The third-order valence-corrected chi connectivity index (χ3v) is 4.76. The number of hydrogen-bond acceptors (Lipinski definition) is 2. The predicted octanol–water partition coefficient (Wildman–Crippen LogP) is 3.85. The van der Waals surface area contributed by atoms with Gasteiger partial charge in [-0.1, -0.05) is 63.9 Å². The van der Waals surface area contributed by atoms with Gasteiger partial charge in [0.15, 0.2) is 0 Å². The van der Waals surface area contributed by atoms with Crippen molar-refractivity contribution >= 4 is 0 Å². The molecule has 112 valence electrons. The van der Waals surface area contributed by atoms with Crippen LogP contribution in [0, 0.1) is 5.92 Å². The average Bonchev–Trinajstić information content (AvgIpc) is 2.52. The van der Waals surface area contributed by atoms with Crippen molar-refractivity contribution < 1.29 is 0 Å². The zero-order valence-corrected chi connectivity index (χ0v) is 13.3. The maximum atomic E-state index is 3.78. The summed E-state index contributed by atoms with van der Waals surface area (Å²) in [6, 6.07) is 12.2. The van der Waals surface area contributed by atoms with Gasteiger partial charge in [0.25, 0.3) is 0 Å². The van der Waals surface area contributed by atoms with Gasteiger partial charge in [-0.25, -0.2) is 0 Å². The van der Waals surface area contributed by atoms with E-state index in [-0.39, 0.29) is 0 Å². The van der Waals surface area contributed by atoms with Crippen LogP contribution in [0.5, 0.6) is 0 Å². The highest BCUT2D eigenvalue weighted by Crippen LogP contribution is 2.26. The SMILES string of the molecule is CCCCN1CC(C(C)CC)NCC1c1ccccc1. The van der Waals surface area contributed by atoms with E-state index >= 15 is 0 Å². The molecule has 3 atom stereocenters. The molecule has 0 amide bonds. The number of rotatable bonds is 6. The lowest BCUT2D eigenvalue weighted by atomic mass is 9.93. The van der Waals surface area contributed by atoms with Crippen molar-refractivity contribution in [3.05, 3.63) is 35.9 Å². The van der Waals surface area contributed by atoms with Crippen LogP contribution in [-0.4, -0.2) is 30.6 Å². The van der Waals surface area contributed by atoms with Crippen molar-refractivity contribution in [1.82, 2.24) is 10.2 Å². The quantitative estimate of drug-likeness (QED) is 0.847. The summed E-state index contributed by atoms with van der Waals surface area (Å²) in [6.07, 6.45) is 3.84. The first-order valence-corrected chi connectivity index (χ1v) is 8.28. The van der Waals surface area contributed by atoms with Crippen molar-refractivity contribution in [2.75, 3.05) is 19.6 Å². The number of piperazine rings is 1. The zero-order valence-electron chi connectivity index (χ0n) is 13.3. The van der Waals surface area contributed by atoms with Crippen LogP contribution < -0.4 is 5.32 Å². The lowest BCUT2D eigenvalue weighted by molar-refractivity contribution is 0.107. The van der Waals surface area contributed by atoms with E-state index < -0.39 is 0 Å². The van der Waals surface area contributed by atoms with Crippen molar-refractivity contribution in [2.24, 2.45) is 5.92 Å². The van der Waals surface area contributed by atoms with Crippen LogP contribution in [0.15, 0.2) is 30.3 Å². The average molecular weight is 274 g/mol. The first-order chi connectivity index (χ1) is 9.76. The Bertz CT molecular complexity index is 376. The van der Waals surface area contributed by atoms with Gasteiger partial charge in [-0.05, 0) is 24.4 Å². The molecule has 0 aromatic heterocycles. The van der Waals surface area contributed by atoms with Gasteiger partial charge in [-0.15, -0.1) is 0 Å². The van der Waals surface area contributed by atoms with E-state index in [2.05, 4.69) is 61.3 Å². The maximum Gasteiger partial charge on any atom is 0.0473 e. The van der Waals surface area contributed by atoms with Crippen LogP contribution in [0.2, 0.25) is 0 Å². The molecule has 1 aliphatic rings. The van der Waals surface area contributed by atoms with Crippen LogP contribution in [-0.2, 0) is 0 Å². The van der Waals surface area contributed by atoms with Gasteiger partial charge in [0.1, 0.15) is 0 Å². The minimum Gasteiger partial charge on any atom is -0.311 e. The van der Waals surface area contributed by atoms with Crippen LogP contribution in [0.1, 0.15) is 51.6 Å². The summed E-state index contributed by atoms with van der Waals surface area (Å²) in [6.45, 7) is 10.5. The molecular weight excluding hydrogens is 244 g/mol. The van der Waals surface area contributed by atoms with Gasteiger partial charge in [0.2, 0.25) is 0 Å². The topological polar surface area (TPSA) is 15.3 Å². The molecule has 1 aliphatic heterocycles. The molecule has 0 saturated carbocycles. The van der Waals surface area contributed by atoms with Crippen molar-refractivity contribution in [3.8, 4) is 0 Å². The Hall–Kier alpha value is -0.860. The Balaban J connectivity index is 2.07. The number of unbranched alkanes of at least 4 members (excludes halogenated alkanes) is 1. The van der Waals surface area contributed by atoms with Gasteiger partial charge < -0.3 is 5.32 Å². The molecule has 20 heavy (non-hydrogen) atoms. The Kier molecular flexibility index (Phi) is 6.06. The summed E-state index contributed by atoms with van der Waals surface area (Å²) < 4.78 is 0. The van der Waals surface area contributed by atoms with Gasteiger partial charge in [-0.2, -0.15) is 0 Å². The van der Waals surface area contributed by atoms with Crippen molar-refractivity contribution in [3.63, 3.8) is 0 Å². The number of nitrogens with zero attached hydrogens (tertiary/aromatic N) is 1. The Morgan fingerprint density at radius 2 is 2.00 bits per heavy atom. The largest absolute Gasteiger partial charge is 0.311 e. The lowest BCUT2D eigenvalue weighted by Crippen LogP contribution is -2.54. The first-order valence-electron chi connectivity index (χ1n) is 8.28. The van der Waals surface area contributed by atoms with Gasteiger partial charge >= 0.3 is 0 Å². The van der Waals surface area contributed by atoms with Crippen LogP contribution in [0.3, 0.4) is 0 Å². The van der Waals surface area contributed by atoms with Crippen LogP contribution in [0.25, 0.3) is 0 Å². The van der Waals surface area contributed by atoms with E-state index in [9.17, 15) is 0 Å². The van der Waals surface area contributed by atoms with E-state index in [1.54, 1.807) is 0 Å². The molecule has 1 aromatic carbocycles. The monoisotopic (exact) mass is 274 g/mol. The van der Waals surface area contributed by atoms with Gasteiger partial charge in [0, 0.05) is 25.2 Å². The van der Waals surface area contributed by atoms with E-state index in [0.29, 0.717) is 12.1 Å². The molecule has 0 radical (unpaired) electrons. The number of nitrogens with one attached hydrogen (secondary N) is 1. The fraction of sp³-hybridized carbons (Fsp3) is 0.667. The van der Waals surface area contributed by atoms with Gasteiger partial charge in [-0.3, -0.25) is 4.90 Å². The molecule has 1 fully saturated rings. The smallest absolute Gasteiger partial charge is 0.0473 e. The van der Waals surface area contributed by atoms with E-state index in [1.807, 2.05) is 0 Å². The summed E-state index contributed by atoms with van der Waals surface area (Å²) in [4.78, 5) is 2.70. The Labute approximate surface area is 124 Å². The second-order valence-corrected chi connectivity index (χ2v) is 6.18. The normalized spacial score (nSPS) is 25.6. The first kappa shape index (κ1) is 15.5. The summed E-state index contributed by atoms with van der Waals surface area (Å²) in [7, 11) is 0. The molecular formula is C18H30N2. The van der Waals surface area contributed by atoms with E-state index in [0.717, 1.165) is 12.5 Å². The van der Waals surface area contributed by atoms with Crippen LogP contribution in [0.4, 0.5) is 0 Å². The third kappa shape index (κ3) is 3.83. The highest BCUT2D eigenvalue weighted by Gasteiger charge is 2.30.